The second-order valence-electron chi connectivity index (χ2n) is 4.07. The summed E-state index contributed by atoms with van der Waals surface area (Å²) in [6.45, 7) is 0.208. The van der Waals surface area contributed by atoms with E-state index in [2.05, 4.69) is 0 Å². The molecule has 0 saturated heterocycles. The van der Waals surface area contributed by atoms with Crippen molar-refractivity contribution in [2.45, 2.75) is 19.4 Å². The van der Waals surface area contributed by atoms with Crippen molar-refractivity contribution in [1.29, 1.82) is 0 Å². The number of hydrogen-bond acceptors (Lipinski definition) is 4. The molecule has 1 amide bonds. The molecule has 0 radical (unpaired) electrons. The van der Waals surface area contributed by atoms with Crippen LogP contribution in [0.25, 0.3) is 0 Å². The summed E-state index contributed by atoms with van der Waals surface area (Å²) in [7, 11) is 1.53. The fraction of sp³-hybridized carbons (Fsp3) is 0.333. The first-order chi connectivity index (χ1) is 8.90. The molecule has 0 aromatic heterocycles. The number of hydrogen-bond donors (Lipinski definition) is 1. The van der Waals surface area contributed by atoms with Crippen LogP contribution in [0.5, 0.6) is 0 Å². The molecule has 0 aliphatic carbocycles. The zero-order chi connectivity index (χ0) is 14.4. The lowest BCUT2D eigenvalue weighted by molar-refractivity contribution is -0.384. The normalized spacial score (nSPS) is 9.95. The minimum Gasteiger partial charge on any atom is -0.481 e. The van der Waals surface area contributed by atoms with Gasteiger partial charge in [-0.2, -0.15) is 0 Å². The van der Waals surface area contributed by atoms with Crippen LogP contribution in [0.15, 0.2) is 24.3 Å². The number of carbonyl (C=O) groups excluding carboxylic acids is 1. The SMILES string of the molecule is CN(Cc1cccc([N+](=O)[O-])c1)C(=O)CCC(=O)O. The van der Waals surface area contributed by atoms with Crippen LogP contribution in [0.1, 0.15) is 18.4 Å². The van der Waals surface area contributed by atoms with Gasteiger partial charge in [-0.3, -0.25) is 19.7 Å². The van der Waals surface area contributed by atoms with E-state index in [9.17, 15) is 19.7 Å². The van der Waals surface area contributed by atoms with E-state index in [0.29, 0.717) is 5.56 Å². The van der Waals surface area contributed by atoms with Gasteiger partial charge in [-0.15, -0.1) is 0 Å². The highest BCUT2D eigenvalue weighted by molar-refractivity contribution is 5.80. The van der Waals surface area contributed by atoms with E-state index in [0.717, 1.165) is 0 Å². The molecule has 0 heterocycles. The molecule has 0 aliphatic heterocycles. The summed E-state index contributed by atoms with van der Waals surface area (Å²) in [5.74, 6) is -1.34. The monoisotopic (exact) mass is 266 g/mol. The number of amides is 1. The van der Waals surface area contributed by atoms with E-state index in [-0.39, 0.29) is 31.0 Å². The molecule has 1 aromatic rings. The molecule has 0 bridgehead atoms. The first-order valence-corrected chi connectivity index (χ1v) is 5.59. The molecular formula is C12H14N2O5. The highest BCUT2D eigenvalue weighted by Gasteiger charge is 2.12. The van der Waals surface area contributed by atoms with Crippen LogP contribution in [0, 0.1) is 10.1 Å². The summed E-state index contributed by atoms with van der Waals surface area (Å²) >= 11 is 0. The molecule has 0 saturated carbocycles. The molecule has 0 unspecified atom stereocenters. The topological polar surface area (TPSA) is 101 Å². The summed E-state index contributed by atoms with van der Waals surface area (Å²) < 4.78 is 0. The van der Waals surface area contributed by atoms with Crippen molar-refractivity contribution < 1.29 is 19.6 Å². The Balaban J connectivity index is 2.63. The lowest BCUT2D eigenvalue weighted by atomic mass is 10.2. The molecule has 19 heavy (non-hydrogen) atoms. The molecule has 7 heteroatoms. The summed E-state index contributed by atoms with van der Waals surface area (Å²) in [6.07, 6.45) is -0.307. The van der Waals surface area contributed by atoms with Gasteiger partial charge >= 0.3 is 5.97 Å². The quantitative estimate of drug-likeness (QED) is 0.619. The zero-order valence-corrected chi connectivity index (χ0v) is 10.4. The van der Waals surface area contributed by atoms with Crippen molar-refractivity contribution in [1.82, 2.24) is 4.90 Å². The van der Waals surface area contributed by atoms with Crippen molar-refractivity contribution in [3.05, 3.63) is 39.9 Å². The van der Waals surface area contributed by atoms with Crippen LogP contribution in [-0.4, -0.2) is 33.9 Å². The molecule has 0 fully saturated rings. The van der Waals surface area contributed by atoms with Crippen LogP contribution in [0.3, 0.4) is 0 Å². The standard InChI is InChI=1S/C12H14N2O5/c1-13(11(15)5-6-12(16)17)8-9-3-2-4-10(7-9)14(18)19/h2-4,7H,5-6,8H2,1H3,(H,16,17). The van der Waals surface area contributed by atoms with Crippen LogP contribution >= 0.6 is 0 Å². The van der Waals surface area contributed by atoms with Crippen LogP contribution in [0.2, 0.25) is 0 Å². The van der Waals surface area contributed by atoms with Gasteiger partial charge in [0.1, 0.15) is 0 Å². The minimum atomic E-state index is -1.03. The highest BCUT2D eigenvalue weighted by Crippen LogP contribution is 2.14. The second-order valence-corrected chi connectivity index (χ2v) is 4.07. The highest BCUT2D eigenvalue weighted by atomic mass is 16.6. The lowest BCUT2D eigenvalue weighted by Crippen LogP contribution is -2.26. The van der Waals surface area contributed by atoms with Crippen molar-refractivity contribution in [2.24, 2.45) is 0 Å². The number of rotatable bonds is 6. The Morgan fingerprint density at radius 3 is 2.63 bits per heavy atom. The lowest BCUT2D eigenvalue weighted by Gasteiger charge is -2.16. The maximum Gasteiger partial charge on any atom is 0.303 e. The Labute approximate surface area is 109 Å². The fourth-order valence-electron chi connectivity index (χ4n) is 1.54. The van der Waals surface area contributed by atoms with Gasteiger partial charge in [0.2, 0.25) is 5.91 Å². The second kappa shape index (κ2) is 6.48. The maximum atomic E-state index is 11.6. The van der Waals surface area contributed by atoms with Crippen molar-refractivity contribution in [3.63, 3.8) is 0 Å². The van der Waals surface area contributed by atoms with E-state index >= 15 is 0 Å². The smallest absolute Gasteiger partial charge is 0.303 e. The van der Waals surface area contributed by atoms with Gasteiger partial charge in [0, 0.05) is 32.1 Å². The predicted molar refractivity (Wildman–Crippen MR) is 66.4 cm³/mol. The summed E-state index contributed by atoms with van der Waals surface area (Å²) in [6, 6.07) is 5.98. The minimum absolute atomic E-state index is 0.0381. The van der Waals surface area contributed by atoms with E-state index in [1.165, 1.54) is 24.1 Å². The summed E-state index contributed by atoms with van der Waals surface area (Å²) in [5.41, 5.74) is 0.587. The Morgan fingerprint density at radius 1 is 1.37 bits per heavy atom. The van der Waals surface area contributed by atoms with Crippen LogP contribution < -0.4 is 0 Å². The average molecular weight is 266 g/mol. The van der Waals surface area contributed by atoms with Crippen molar-refractivity contribution in [2.75, 3.05) is 7.05 Å². The molecule has 0 atom stereocenters. The van der Waals surface area contributed by atoms with Gasteiger partial charge in [0.25, 0.3) is 5.69 Å². The molecule has 1 N–H and O–H groups in total. The number of nitro groups is 1. The maximum absolute atomic E-state index is 11.6. The fourth-order valence-corrected chi connectivity index (χ4v) is 1.54. The number of non-ortho nitro benzene ring substituents is 1. The Hall–Kier alpha value is -2.44. The molecule has 102 valence electrons. The number of aliphatic carboxylic acids is 1. The van der Waals surface area contributed by atoms with Gasteiger partial charge in [0.15, 0.2) is 0 Å². The average Bonchev–Trinajstić information content (AvgIpc) is 2.36. The number of nitrogens with zero attached hydrogens (tertiary/aromatic N) is 2. The number of benzene rings is 1. The molecular weight excluding hydrogens is 252 g/mol. The van der Waals surface area contributed by atoms with E-state index in [1.807, 2.05) is 0 Å². The van der Waals surface area contributed by atoms with Crippen LogP contribution in [0.4, 0.5) is 5.69 Å². The summed E-state index contributed by atoms with van der Waals surface area (Å²) in [4.78, 5) is 33.4. The van der Waals surface area contributed by atoms with Gasteiger partial charge in [-0.1, -0.05) is 12.1 Å². The van der Waals surface area contributed by atoms with E-state index < -0.39 is 10.9 Å². The van der Waals surface area contributed by atoms with Crippen molar-refractivity contribution >= 4 is 17.6 Å². The number of nitro benzene ring substituents is 1. The first-order valence-electron chi connectivity index (χ1n) is 5.59. The number of carboxylic acids is 1. The Morgan fingerprint density at radius 2 is 2.05 bits per heavy atom. The third-order valence-electron chi connectivity index (χ3n) is 2.52. The Kier molecular flexibility index (Phi) is 4.99. The molecule has 0 aliphatic rings. The van der Waals surface area contributed by atoms with Crippen molar-refractivity contribution in [3.8, 4) is 0 Å². The third-order valence-corrected chi connectivity index (χ3v) is 2.52. The van der Waals surface area contributed by atoms with E-state index in [1.54, 1.807) is 12.1 Å². The first kappa shape index (κ1) is 14.6. The molecule has 1 aromatic carbocycles. The Bertz CT molecular complexity index is 501. The third kappa shape index (κ3) is 4.74. The molecule has 0 spiro atoms. The summed E-state index contributed by atoms with van der Waals surface area (Å²) in [5, 5.41) is 19.1. The molecule has 7 nitrogen and oxygen atoms in total. The van der Waals surface area contributed by atoms with E-state index in [4.69, 9.17) is 5.11 Å². The van der Waals surface area contributed by atoms with Gasteiger partial charge in [-0.05, 0) is 5.56 Å². The van der Waals surface area contributed by atoms with Crippen LogP contribution in [-0.2, 0) is 16.1 Å². The number of carboxylic acid groups (broad SMARTS) is 1. The zero-order valence-electron chi connectivity index (χ0n) is 10.4. The largest absolute Gasteiger partial charge is 0.481 e. The van der Waals surface area contributed by atoms with Gasteiger partial charge in [0.05, 0.1) is 11.3 Å². The van der Waals surface area contributed by atoms with Gasteiger partial charge in [-0.25, -0.2) is 0 Å². The van der Waals surface area contributed by atoms with Gasteiger partial charge < -0.3 is 10.0 Å². The predicted octanol–water partition coefficient (Wildman–Crippen LogP) is 1.42. The molecule has 1 rings (SSSR count). The number of carbonyl (C=O) groups is 2.